The molecule has 10 heavy (non-hydrogen) atoms. The first-order valence-electron chi connectivity index (χ1n) is 2.71. The van der Waals surface area contributed by atoms with Crippen LogP contribution < -0.4 is 0 Å². The summed E-state index contributed by atoms with van der Waals surface area (Å²) in [6.45, 7) is 0. The Morgan fingerprint density at radius 1 is 1.40 bits per heavy atom. The maximum absolute atomic E-state index is 8.58. The van der Waals surface area contributed by atoms with Gasteiger partial charge in [0, 0.05) is 11.8 Å². The van der Waals surface area contributed by atoms with Gasteiger partial charge < -0.3 is 0 Å². The number of rotatable bonds is 3. The molecule has 0 heterocycles. The van der Waals surface area contributed by atoms with E-state index in [0.29, 0.717) is 18.2 Å². The van der Waals surface area contributed by atoms with E-state index in [9.17, 15) is 0 Å². The monoisotopic (exact) mass is 264 g/mol. The quantitative estimate of drug-likeness (QED) is 0.736. The Kier molecular flexibility index (Phi) is 4.68. The molecule has 0 rings (SSSR count). The Hall–Kier alpha value is -0.0600. The standard InChI is InChI=1S/C6H6Br2N2/c7-4-6(8,5-10)2-1-3-9/h1-2,4H2/t6-/m1/s1. The molecule has 0 aliphatic rings. The van der Waals surface area contributed by atoms with Gasteiger partial charge in [0.2, 0.25) is 0 Å². The van der Waals surface area contributed by atoms with E-state index >= 15 is 0 Å². The van der Waals surface area contributed by atoms with Crippen molar-refractivity contribution in [2.24, 2.45) is 0 Å². The number of hydrogen-bond acceptors (Lipinski definition) is 2. The van der Waals surface area contributed by atoms with Crippen molar-refractivity contribution >= 4 is 31.9 Å². The smallest absolute Gasteiger partial charge is 0.123 e. The molecule has 0 fully saturated rings. The highest BCUT2D eigenvalue weighted by Gasteiger charge is 2.23. The minimum Gasteiger partial charge on any atom is -0.198 e. The van der Waals surface area contributed by atoms with Crippen LogP contribution in [0.5, 0.6) is 0 Å². The summed E-state index contributed by atoms with van der Waals surface area (Å²) >= 11 is 6.41. The van der Waals surface area contributed by atoms with Gasteiger partial charge in [-0.1, -0.05) is 31.9 Å². The molecule has 54 valence electrons. The zero-order valence-corrected chi connectivity index (χ0v) is 8.44. The summed E-state index contributed by atoms with van der Waals surface area (Å²) in [7, 11) is 0. The molecule has 0 unspecified atom stereocenters. The molecule has 0 aliphatic carbocycles. The lowest BCUT2D eigenvalue weighted by molar-refractivity contribution is 0.752. The molecular weight excluding hydrogens is 260 g/mol. The van der Waals surface area contributed by atoms with Gasteiger partial charge in [0.05, 0.1) is 12.1 Å². The first-order chi connectivity index (χ1) is 4.68. The molecule has 0 N–H and O–H groups in total. The lowest BCUT2D eigenvalue weighted by Gasteiger charge is -2.12. The summed E-state index contributed by atoms with van der Waals surface area (Å²) < 4.78 is -0.553. The first-order valence-corrected chi connectivity index (χ1v) is 4.63. The van der Waals surface area contributed by atoms with Crippen molar-refractivity contribution in [1.82, 2.24) is 0 Å². The van der Waals surface area contributed by atoms with Crippen molar-refractivity contribution in [2.75, 3.05) is 5.33 Å². The highest BCUT2D eigenvalue weighted by atomic mass is 79.9. The Morgan fingerprint density at radius 2 is 2.00 bits per heavy atom. The Bertz CT molecular complexity index is 179. The fourth-order valence-electron chi connectivity index (χ4n) is 0.407. The van der Waals surface area contributed by atoms with Crippen LogP contribution in [0.2, 0.25) is 0 Å². The van der Waals surface area contributed by atoms with Crippen molar-refractivity contribution in [1.29, 1.82) is 10.5 Å². The normalized spacial score (nSPS) is 14.8. The van der Waals surface area contributed by atoms with Gasteiger partial charge >= 0.3 is 0 Å². The molecule has 0 aromatic heterocycles. The van der Waals surface area contributed by atoms with Gasteiger partial charge in [-0.3, -0.25) is 0 Å². The van der Waals surface area contributed by atoms with Crippen LogP contribution in [-0.4, -0.2) is 9.65 Å². The van der Waals surface area contributed by atoms with Crippen LogP contribution in [-0.2, 0) is 0 Å². The zero-order valence-electron chi connectivity index (χ0n) is 5.27. The second-order valence-corrected chi connectivity index (χ2v) is 3.95. The minimum absolute atomic E-state index is 0.407. The molecule has 2 nitrogen and oxygen atoms in total. The van der Waals surface area contributed by atoms with Crippen molar-refractivity contribution in [3.63, 3.8) is 0 Å². The van der Waals surface area contributed by atoms with Crippen molar-refractivity contribution in [3.05, 3.63) is 0 Å². The van der Waals surface area contributed by atoms with Crippen molar-refractivity contribution in [2.45, 2.75) is 17.2 Å². The maximum atomic E-state index is 8.58. The van der Waals surface area contributed by atoms with E-state index in [1.54, 1.807) is 0 Å². The minimum atomic E-state index is -0.553. The average Bonchev–Trinajstić information content (AvgIpc) is 2.00. The van der Waals surface area contributed by atoms with Gasteiger partial charge in [-0.2, -0.15) is 10.5 Å². The van der Waals surface area contributed by atoms with E-state index in [2.05, 4.69) is 37.9 Å². The molecule has 0 amide bonds. The summed E-state index contributed by atoms with van der Waals surface area (Å²) in [4.78, 5) is 0. The Labute approximate surface area is 77.1 Å². The molecule has 1 atom stereocenters. The summed E-state index contributed by atoms with van der Waals surface area (Å²) in [6.07, 6.45) is 0.968. The maximum Gasteiger partial charge on any atom is 0.123 e. The summed E-state index contributed by atoms with van der Waals surface area (Å²) in [6, 6.07) is 4.07. The molecule has 0 bridgehead atoms. The topological polar surface area (TPSA) is 47.6 Å². The Balaban J connectivity index is 3.87. The van der Waals surface area contributed by atoms with E-state index < -0.39 is 4.32 Å². The lowest BCUT2D eigenvalue weighted by atomic mass is 10.1. The third-order valence-electron chi connectivity index (χ3n) is 1.05. The highest BCUT2D eigenvalue weighted by molar-refractivity contribution is 9.12. The van der Waals surface area contributed by atoms with Crippen LogP contribution >= 0.6 is 31.9 Å². The predicted octanol–water partition coefficient (Wildman–Crippen LogP) is 2.34. The van der Waals surface area contributed by atoms with E-state index in [0.717, 1.165) is 0 Å². The van der Waals surface area contributed by atoms with Gasteiger partial charge in [0.1, 0.15) is 4.32 Å². The van der Waals surface area contributed by atoms with Crippen molar-refractivity contribution in [3.8, 4) is 12.1 Å². The fraction of sp³-hybridized carbons (Fsp3) is 0.667. The first kappa shape index (κ1) is 9.94. The zero-order chi connectivity index (χ0) is 8.04. The van der Waals surface area contributed by atoms with Crippen LogP contribution in [0.4, 0.5) is 0 Å². The number of nitriles is 2. The molecule has 0 saturated heterocycles. The number of nitrogens with zero attached hydrogens (tertiary/aromatic N) is 2. The van der Waals surface area contributed by atoms with Gasteiger partial charge in [-0.05, 0) is 6.42 Å². The van der Waals surface area contributed by atoms with E-state index in [1.165, 1.54) is 0 Å². The average molecular weight is 266 g/mol. The second kappa shape index (κ2) is 4.71. The number of hydrogen-bond donors (Lipinski definition) is 0. The van der Waals surface area contributed by atoms with Gasteiger partial charge in [0.15, 0.2) is 0 Å². The van der Waals surface area contributed by atoms with Crippen LogP contribution in [0.3, 0.4) is 0 Å². The van der Waals surface area contributed by atoms with Crippen LogP contribution in [0.1, 0.15) is 12.8 Å². The molecule has 4 heteroatoms. The highest BCUT2D eigenvalue weighted by Crippen LogP contribution is 2.25. The third-order valence-corrected chi connectivity index (χ3v) is 3.61. The fourth-order valence-corrected chi connectivity index (χ4v) is 1.01. The lowest BCUT2D eigenvalue weighted by Crippen LogP contribution is -2.19. The predicted molar refractivity (Wildman–Crippen MR) is 45.9 cm³/mol. The van der Waals surface area contributed by atoms with Crippen LogP contribution in [0.15, 0.2) is 0 Å². The summed E-state index contributed by atoms with van der Waals surface area (Å²) in [5, 5.41) is 17.4. The van der Waals surface area contributed by atoms with Crippen molar-refractivity contribution < 1.29 is 0 Å². The molecule has 0 aliphatic heterocycles. The largest absolute Gasteiger partial charge is 0.198 e. The van der Waals surface area contributed by atoms with Gasteiger partial charge in [-0.15, -0.1) is 0 Å². The molecule has 0 aromatic rings. The number of alkyl halides is 2. The SMILES string of the molecule is N#CCC[C@](Br)(C#N)CBr. The van der Waals surface area contributed by atoms with Gasteiger partial charge in [0.25, 0.3) is 0 Å². The van der Waals surface area contributed by atoms with E-state index in [4.69, 9.17) is 10.5 Å². The second-order valence-electron chi connectivity index (χ2n) is 1.87. The van der Waals surface area contributed by atoms with Crippen LogP contribution in [0.25, 0.3) is 0 Å². The summed E-state index contributed by atoms with van der Waals surface area (Å²) in [5.74, 6) is 0. The number of halogens is 2. The van der Waals surface area contributed by atoms with Crippen LogP contribution in [0, 0.1) is 22.7 Å². The third kappa shape index (κ3) is 3.20. The van der Waals surface area contributed by atoms with E-state index in [1.807, 2.05) is 6.07 Å². The van der Waals surface area contributed by atoms with E-state index in [-0.39, 0.29) is 0 Å². The molecule has 0 saturated carbocycles. The molecule has 0 aromatic carbocycles. The molecule has 0 radical (unpaired) electrons. The molecule has 0 spiro atoms. The molecular formula is C6H6Br2N2. The Morgan fingerprint density at radius 3 is 2.30 bits per heavy atom. The summed E-state index contributed by atoms with van der Waals surface area (Å²) in [5.41, 5.74) is 0. The van der Waals surface area contributed by atoms with Gasteiger partial charge in [-0.25, -0.2) is 0 Å².